The van der Waals surface area contributed by atoms with Gasteiger partial charge in [-0.3, -0.25) is 0 Å². The molecule has 4 rings (SSSR count). The first-order valence-corrected chi connectivity index (χ1v) is 10.7. The molecular formula is C27H24N2O4. The fourth-order valence-corrected chi connectivity index (χ4v) is 4.02. The summed E-state index contributed by atoms with van der Waals surface area (Å²) in [6.45, 7) is 4.00. The van der Waals surface area contributed by atoms with Crippen LogP contribution in [0, 0.1) is 11.3 Å². The number of ether oxygens (including phenoxy) is 3. The zero-order chi connectivity index (χ0) is 23.4. The summed E-state index contributed by atoms with van der Waals surface area (Å²) in [4.78, 5) is 12.6. The van der Waals surface area contributed by atoms with Crippen LogP contribution in [0.4, 0.5) is 0 Å². The Morgan fingerprint density at radius 2 is 1.82 bits per heavy atom. The SMILES string of the molecule is CCOC(=O)C1=C(C)OC(N)=C(C#N)C1c1ccc(OCc2cccc3ccccc23)cc1. The normalized spacial score (nSPS) is 15.7. The summed E-state index contributed by atoms with van der Waals surface area (Å²) in [7, 11) is 0. The van der Waals surface area contributed by atoms with Gasteiger partial charge in [-0.25, -0.2) is 4.79 Å². The quantitative estimate of drug-likeness (QED) is 0.538. The van der Waals surface area contributed by atoms with Crippen LogP contribution in [0.5, 0.6) is 5.75 Å². The highest BCUT2D eigenvalue weighted by molar-refractivity contribution is 5.92. The minimum absolute atomic E-state index is 0.00988. The van der Waals surface area contributed by atoms with Gasteiger partial charge in [0.25, 0.3) is 0 Å². The van der Waals surface area contributed by atoms with Crippen molar-refractivity contribution in [3.8, 4) is 11.8 Å². The van der Waals surface area contributed by atoms with Gasteiger partial charge in [0, 0.05) is 0 Å². The highest BCUT2D eigenvalue weighted by Crippen LogP contribution is 2.40. The second-order valence-electron chi connectivity index (χ2n) is 7.61. The number of hydrogen-bond acceptors (Lipinski definition) is 6. The van der Waals surface area contributed by atoms with Crippen molar-refractivity contribution in [2.45, 2.75) is 26.4 Å². The molecule has 0 amide bonds. The van der Waals surface area contributed by atoms with Crippen LogP contribution in [0.2, 0.25) is 0 Å². The number of esters is 1. The molecule has 1 aliphatic rings. The molecule has 0 aromatic heterocycles. The molecule has 0 saturated heterocycles. The third-order valence-corrected chi connectivity index (χ3v) is 5.59. The van der Waals surface area contributed by atoms with E-state index in [1.807, 2.05) is 48.5 Å². The third kappa shape index (κ3) is 4.39. The van der Waals surface area contributed by atoms with E-state index in [0.717, 1.165) is 21.9 Å². The molecule has 6 nitrogen and oxygen atoms in total. The number of carbonyl (C=O) groups is 1. The van der Waals surface area contributed by atoms with E-state index in [1.54, 1.807) is 13.8 Å². The molecular weight excluding hydrogens is 416 g/mol. The Morgan fingerprint density at radius 3 is 2.55 bits per heavy atom. The zero-order valence-corrected chi connectivity index (χ0v) is 18.5. The van der Waals surface area contributed by atoms with E-state index in [9.17, 15) is 10.1 Å². The highest BCUT2D eigenvalue weighted by Gasteiger charge is 2.36. The summed E-state index contributed by atoms with van der Waals surface area (Å²) in [5, 5.41) is 12.0. The van der Waals surface area contributed by atoms with Crippen LogP contribution in [-0.2, 0) is 20.9 Å². The second-order valence-corrected chi connectivity index (χ2v) is 7.61. The van der Waals surface area contributed by atoms with Crippen LogP contribution in [0.15, 0.2) is 89.5 Å². The van der Waals surface area contributed by atoms with Crippen molar-refractivity contribution < 1.29 is 19.0 Å². The largest absolute Gasteiger partial charge is 0.489 e. The van der Waals surface area contributed by atoms with Gasteiger partial charge in [-0.2, -0.15) is 5.26 Å². The van der Waals surface area contributed by atoms with Gasteiger partial charge in [0.15, 0.2) is 0 Å². The van der Waals surface area contributed by atoms with Gasteiger partial charge < -0.3 is 19.9 Å². The first-order valence-electron chi connectivity index (χ1n) is 10.7. The van der Waals surface area contributed by atoms with E-state index in [4.69, 9.17) is 19.9 Å². The fraction of sp³-hybridized carbons (Fsp3) is 0.185. The van der Waals surface area contributed by atoms with Crippen LogP contribution in [0.3, 0.4) is 0 Å². The number of nitrogens with two attached hydrogens (primary N) is 1. The minimum atomic E-state index is -0.671. The molecule has 3 aromatic rings. The van der Waals surface area contributed by atoms with E-state index in [-0.39, 0.29) is 23.6 Å². The van der Waals surface area contributed by atoms with Gasteiger partial charge in [-0.05, 0) is 47.9 Å². The minimum Gasteiger partial charge on any atom is -0.489 e. The molecule has 0 bridgehead atoms. The molecule has 0 radical (unpaired) electrons. The number of benzene rings is 3. The van der Waals surface area contributed by atoms with E-state index in [2.05, 4.69) is 24.3 Å². The van der Waals surface area contributed by atoms with E-state index >= 15 is 0 Å². The summed E-state index contributed by atoms with van der Waals surface area (Å²) in [5.74, 6) is -0.213. The van der Waals surface area contributed by atoms with Crippen LogP contribution < -0.4 is 10.5 Å². The average Bonchev–Trinajstić information content (AvgIpc) is 2.82. The van der Waals surface area contributed by atoms with E-state index in [1.165, 1.54) is 0 Å². The maximum atomic E-state index is 12.6. The predicted octanol–water partition coefficient (Wildman–Crippen LogP) is 5.06. The van der Waals surface area contributed by atoms with E-state index in [0.29, 0.717) is 18.1 Å². The Balaban J connectivity index is 1.60. The van der Waals surface area contributed by atoms with Gasteiger partial charge in [0.2, 0.25) is 5.88 Å². The molecule has 1 atom stereocenters. The number of hydrogen-bond donors (Lipinski definition) is 1. The maximum absolute atomic E-state index is 12.6. The molecule has 33 heavy (non-hydrogen) atoms. The standard InChI is InChI=1S/C27H24N2O4/c1-3-31-27(30)24-17(2)33-26(29)23(15-28)25(24)19-11-13-21(14-12-19)32-16-20-9-6-8-18-7-4-5-10-22(18)20/h4-14,25H,3,16,29H2,1-2H3. The van der Waals surface area contributed by atoms with Crippen LogP contribution in [0.1, 0.15) is 30.9 Å². The molecule has 0 spiro atoms. The number of rotatable bonds is 6. The molecule has 0 fully saturated rings. The van der Waals surface area contributed by atoms with Crippen LogP contribution in [-0.4, -0.2) is 12.6 Å². The number of carbonyl (C=O) groups excluding carboxylic acids is 1. The molecule has 1 heterocycles. The number of allylic oxidation sites excluding steroid dienone is 2. The second kappa shape index (κ2) is 9.49. The molecule has 6 heteroatoms. The molecule has 166 valence electrons. The lowest BCUT2D eigenvalue weighted by Crippen LogP contribution is -2.25. The van der Waals surface area contributed by atoms with Gasteiger partial charge in [0.05, 0.1) is 18.1 Å². The third-order valence-electron chi connectivity index (χ3n) is 5.59. The van der Waals surface area contributed by atoms with Crippen molar-refractivity contribution in [2.75, 3.05) is 6.61 Å². The molecule has 2 N–H and O–H groups in total. The van der Waals surface area contributed by atoms with Crippen molar-refractivity contribution in [1.29, 1.82) is 5.26 Å². The number of nitriles is 1. The molecule has 1 unspecified atom stereocenters. The topological polar surface area (TPSA) is 94.6 Å². The summed E-state index contributed by atoms with van der Waals surface area (Å²) in [6.07, 6.45) is 0. The van der Waals surface area contributed by atoms with Crippen molar-refractivity contribution >= 4 is 16.7 Å². The van der Waals surface area contributed by atoms with Gasteiger partial charge >= 0.3 is 5.97 Å². The maximum Gasteiger partial charge on any atom is 0.338 e. The first-order chi connectivity index (χ1) is 16.0. The molecule has 3 aromatic carbocycles. The summed E-state index contributed by atoms with van der Waals surface area (Å²) in [5.41, 5.74) is 8.21. The summed E-state index contributed by atoms with van der Waals surface area (Å²) in [6, 6.07) is 23.7. The number of fused-ring (bicyclic) bond motifs is 1. The summed E-state index contributed by atoms with van der Waals surface area (Å²) < 4.78 is 16.7. The summed E-state index contributed by atoms with van der Waals surface area (Å²) >= 11 is 0. The number of nitrogens with zero attached hydrogens (tertiary/aromatic N) is 1. The fourth-order valence-electron chi connectivity index (χ4n) is 4.02. The van der Waals surface area contributed by atoms with Crippen molar-refractivity contribution in [2.24, 2.45) is 5.73 Å². The molecule has 0 saturated carbocycles. The average molecular weight is 440 g/mol. The Bertz CT molecular complexity index is 1290. The van der Waals surface area contributed by atoms with Gasteiger partial charge in [-0.1, -0.05) is 54.6 Å². The Morgan fingerprint density at radius 1 is 1.09 bits per heavy atom. The van der Waals surface area contributed by atoms with Crippen LogP contribution >= 0.6 is 0 Å². The molecule has 0 aliphatic carbocycles. The Kier molecular flexibility index (Phi) is 6.32. The lowest BCUT2D eigenvalue weighted by atomic mass is 9.83. The van der Waals surface area contributed by atoms with Crippen molar-refractivity contribution in [1.82, 2.24) is 0 Å². The smallest absolute Gasteiger partial charge is 0.338 e. The lowest BCUT2D eigenvalue weighted by molar-refractivity contribution is -0.139. The van der Waals surface area contributed by atoms with Crippen LogP contribution in [0.25, 0.3) is 10.8 Å². The molecule has 1 aliphatic heterocycles. The van der Waals surface area contributed by atoms with Crippen molar-refractivity contribution in [3.05, 3.63) is 101 Å². The highest BCUT2D eigenvalue weighted by atomic mass is 16.5. The Labute approximate surface area is 192 Å². The first kappa shape index (κ1) is 22.0. The Hall–Kier alpha value is -4.24. The van der Waals surface area contributed by atoms with Gasteiger partial charge in [0.1, 0.15) is 29.8 Å². The van der Waals surface area contributed by atoms with E-state index < -0.39 is 11.9 Å². The van der Waals surface area contributed by atoms with Gasteiger partial charge in [-0.15, -0.1) is 0 Å². The zero-order valence-electron chi connectivity index (χ0n) is 18.5. The monoisotopic (exact) mass is 440 g/mol. The lowest BCUT2D eigenvalue weighted by Gasteiger charge is -2.26. The predicted molar refractivity (Wildman–Crippen MR) is 125 cm³/mol. The van der Waals surface area contributed by atoms with Crippen molar-refractivity contribution in [3.63, 3.8) is 0 Å².